The Bertz CT molecular complexity index is 423. The second-order valence-electron chi connectivity index (χ2n) is 5.21. The number of nitrogens with one attached hydrogen (secondary N) is 1. The van der Waals surface area contributed by atoms with E-state index < -0.39 is 0 Å². The van der Waals surface area contributed by atoms with Crippen molar-refractivity contribution < 1.29 is 0 Å². The van der Waals surface area contributed by atoms with E-state index in [1.165, 1.54) is 24.8 Å². The number of nitrogens with zero attached hydrogens (tertiary/aromatic N) is 1. The predicted molar refractivity (Wildman–Crippen MR) is 74.5 cm³/mol. The Balaban J connectivity index is 1.69. The van der Waals surface area contributed by atoms with Crippen molar-refractivity contribution in [3.05, 3.63) is 35.9 Å². The molecule has 0 spiro atoms. The molecule has 0 saturated heterocycles. The van der Waals surface area contributed by atoms with E-state index in [2.05, 4.69) is 42.6 Å². The van der Waals surface area contributed by atoms with Crippen molar-refractivity contribution in [2.45, 2.75) is 37.8 Å². The van der Waals surface area contributed by atoms with Gasteiger partial charge < -0.3 is 5.32 Å². The first-order valence-electron chi connectivity index (χ1n) is 6.29. The van der Waals surface area contributed by atoms with Crippen LogP contribution in [0.1, 0.15) is 37.8 Å². The summed E-state index contributed by atoms with van der Waals surface area (Å²) in [5.74, 6) is 1.07. The third kappa shape index (κ3) is 2.34. The number of aliphatic imine (C=N–C) groups is 1. The molecule has 17 heavy (non-hydrogen) atoms. The minimum absolute atomic E-state index is 0.317. The van der Waals surface area contributed by atoms with Crippen LogP contribution in [-0.2, 0) is 0 Å². The quantitative estimate of drug-likeness (QED) is 0.865. The Kier molecular flexibility index (Phi) is 2.87. The topological polar surface area (TPSA) is 24.4 Å². The van der Waals surface area contributed by atoms with Crippen LogP contribution in [0, 0.1) is 0 Å². The van der Waals surface area contributed by atoms with E-state index in [9.17, 15) is 0 Å². The lowest BCUT2D eigenvalue weighted by Gasteiger charge is -2.39. The molecule has 1 N–H and O–H groups in total. The number of thioether (sulfide) groups is 1. The highest BCUT2D eigenvalue weighted by atomic mass is 32.2. The maximum absolute atomic E-state index is 4.79. The number of amidine groups is 1. The van der Waals surface area contributed by atoms with Crippen LogP contribution in [0.4, 0.5) is 0 Å². The molecule has 3 rings (SSSR count). The summed E-state index contributed by atoms with van der Waals surface area (Å²) in [7, 11) is 0. The summed E-state index contributed by atoms with van der Waals surface area (Å²) in [5.41, 5.74) is 1.65. The Morgan fingerprint density at radius 3 is 2.71 bits per heavy atom. The Morgan fingerprint density at radius 1 is 1.29 bits per heavy atom. The van der Waals surface area contributed by atoms with Crippen LogP contribution >= 0.6 is 11.8 Å². The van der Waals surface area contributed by atoms with Gasteiger partial charge in [-0.1, -0.05) is 42.1 Å². The van der Waals surface area contributed by atoms with Gasteiger partial charge in [-0.25, -0.2) is 0 Å². The fraction of sp³-hybridized carbons (Fsp3) is 0.500. The molecule has 1 fully saturated rings. The molecule has 0 amide bonds. The molecule has 90 valence electrons. The summed E-state index contributed by atoms with van der Waals surface area (Å²) in [6.07, 6.45) is 3.91. The van der Waals surface area contributed by atoms with Crippen LogP contribution in [-0.4, -0.2) is 16.5 Å². The van der Waals surface area contributed by atoms with E-state index in [1.54, 1.807) is 0 Å². The molecule has 1 heterocycles. The normalized spacial score (nSPS) is 26.2. The summed E-state index contributed by atoms with van der Waals surface area (Å²) in [6, 6.07) is 10.9. The highest BCUT2D eigenvalue weighted by molar-refractivity contribution is 8.14. The van der Waals surface area contributed by atoms with Gasteiger partial charge in [-0.15, -0.1) is 0 Å². The zero-order valence-electron chi connectivity index (χ0n) is 10.1. The molecule has 0 radical (unpaired) electrons. The van der Waals surface area contributed by atoms with E-state index in [4.69, 9.17) is 4.99 Å². The SMILES string of the molecule is CC1(NC2=NC(c3ccccc3)CS2)CCC1. The summed E-state index contributed by atoms with van der Waals surface area (Å²) in [4.78, 5) is 4.79. The summed E-state index contributed by atoms with van der Waals surface area (Å²) in [5, 5.41) is 4.74. The molecule has 1 saturated carbocycles. The minimum Gasteiger partial charge on any atom is -0.360 e. The molecule has 2 nitrogen and oxygen atoms in total. The van der Waals surface area contributed by atoms with Crippen molar-refractivity contribution >= 4 is 16.9 Å². The summed E-state index contributed by atoms with van der Waals surface area (Å²) < 4.78 is 0. The fourth-order valence-corrected chi connectivity index (χ4v) is 3.48. The van der Waals surface area contributed by atoms with Gasteiger partial charge in [0.1, 0.15) is 0 Å². The number of benzene rings is 1. The van der Waals surface area contributed by atoms with Gasteiger partial charge in [0.15, 0.2) is 5.17 Å². The van der Waals surface area contributed by atoms with E-state index in [-0.39, 0.29) is 0 Å². The number of hydrogen-bond donors (Lipinski definition) is 1. The monoisotopic (exact) mass is 246 g/mol. The van der Waals surface area contributed by atoms with Gasteiger partial charge in [-0.2, -0.15) is 0 Å². The molecule has 3 heteroatoms. The van der Waals surface area contributed by atoms with Gasteiger partial charge in [0, 0.05) is 11.3 Å². The van der Waals surface area contributed by atoms with Crippen molar-refractivity contribution in [1.82, 2.24) is 5.32 Å². The van der Waals surface area contributed by atoms with Gasteiger partial charge >= 0.3 is 0 Å². The van der Waals surface area contributed by atoms with E-state index >= 15 is 0 Å². The molecule has 0 bridgehead atoms. The predicted octanol–water partition coefficient (Wildman–Crippen LogP) is 3.36. The molecule has 0 aromatic heterocycles. The van der Waals surface area contributed by atoms with Crippen LogP contribution in [0.25, 0.3) is 0 Å². The van der Waals surface area contributed by atoms with Crippen LogP contribution < -0.4 is 5.32 Å². The first-order chi connectivity index (χ1) is 8.25. The summed E-state index contributed by atoms with van der Waals surface area (Å²) in [6.45, 7) is 2.30. The van der Waals surface area contributed by atoms with Gasteiger partial charge in [0.2, 0.25) is 0 Å². The highest BCUT2D eigenvalue weighted by Gasteiger charge is 2.34. The first-order valence-corrected chi connectivity index (χ1v) is 7.27. The van der Waals surface area contributed by atoms with Crippen molar-refractivity contribution in [3.63, 3.8) is 0 Å². The van der Waals surface area contributed by atoms with Gasteiger partial charge in [-0.05, 0) is 31.7 Å². The lowest BCUT2D eigenvalue weighted by molar-refractivity contribution is 0.245. The van der Waals surface area contributed by atoms with Crippen LogP contribution in [0.3, 0.4) is 0 Å². The van der Waals surface area contributed by atoms with Crippen LogP contribution in [0.2, 0.25) is 0 Å². The molecular weight excluding hydrogens is 228 g/mol. The van der Waals surface area contributed by atoms with Gasteiger partial charge in [0.05, 0.1) is 6.04 Å². The molecule has 1 aliphatic heterocycles. The van der Waals surface area contributed by atoms with Crippen LogP contribution in [0.15, 0.2) is 35.3 Å². The third-order valence-corrected chi connectivity index (χ3v) is 4.66. The minimum atomic E-state index is 0.317. The van der Waals surface area contributed by atoms with Crippen molar-refractivity contribution in [3.8, 4) is 0 Å². The maximum Gasteiger partial charge on any atom is 0.157 e. The lowest BCUT2D eigenvalue weighted by Crippen LogP contribution is -2.49. The second-order valence-corrected chi connectivity index (χ2v) is 6.22. The number of rotatable bonds is 2. The molecular formula is C14H18N2S. The largest absolute Gasteiger partial charge is 0.360 e. The Hall–Kier alpha value is -0.960. The average Bonchev–Trinajstić information content (AvgIpc) is 2.77. The third-order valence-electron chi connectivity index (χ3n) is 3.70. The molecule has 1 aromatic carbocycles. The molecule has 1 unspecified atom stereocenters. The van der Waals surface area contributed by atoms with Crippen molar-refractivity contribution in [2.75, 3.05) is 5.75 Å². The van der Waals surface area contributed by atoms with E-state index in [1.807, 2.05) is 11.8 Å². The average molecular weight is 246 g/mol. The Labute approximate surface area is 107 Å². The number of hydrogen-bond acceptors (Lipinski definition) is 3. The zero-order chi connectivity index (χ0) is 11.7. The maximum atomic E-state index is 4.79. The zero-order valence-corrected chi connectivity index (χ0v) is 11.0. The van der Waals surface area contributed by atoms with E-state index in [0.717, 1.165) is 10.9 Å². The highest BCUT2D eigenvalue weighted by Crippen LogP contribution is 2.35. The smallest absolute Gasteiger partial charge is 0.157 e. The second kappa shape index (κ2) is 4.37. The van der Waals surface area contributed by atoms with Crippen molar-refractivity contribution in [2.24, 2.45) is 4.99 Å². The van der Waals surface area contributed by atoms with E-state index in [0.29, 0.717) is 11.6 Å². The Morgan fingerprint density at radius 2 is 2.06 bits per heavy atom. The lowest BCUT2D eigenvalue weighted by atomic mass is 9.79. The van der Waals surface area contributed by atoms with Crippen LogP contribution in [0.5, 0.6) is 0 Å². The molecule has 2 aliphatic rings. The molecule has 1 aliphatic carbocycles. The first kappa shape index (κ1) is 11.1. The molecule has 1 atom stereocenters. The summed E-state index contributed by atoms with van der Waals surface area (Å²) >= 11 is 1.86. The van der Waals surface area contributed by atoms with Crippen molar-refractivity contribution in [1.29, 1.82) is 0 Å². The standard InChI is InChI=1S/C14H18N2S/c1-14(8-5-9-14)16-13-15-12(10-17-13)11-6-3-2-4-7-11/h2-4,6-7,12H,5,8-10H2,1H3,(H,15,16). The molecule has 1 aromatic rings. The fourth-order valence-electron chi connectivity index (χ4n) is 2.38. The van der Waals surface area contributed by atoms with Gasteiger partial charge in [-0.3, -0.25) is 4.99 Å². The van der Waals surface area contributed by atoms with Gasteiger partial charge in [0.25, 0.3) is 0 Å².